The number of fused-ring (bicyclic) bond motifs is 9. The summed E-state index contributed by atoms with van der Waals surface area (Å²) < 4.78 is 10.6. The van der Waals surface area contributed by atoms with E-state index in [-0.39, 0.29) is 0 Å². The van der Waals surface area contributed by atoms with Crippen molar-refractivity contribution < 1.29 is 4.42 Å². The molecule has 0 radical (unpaired) electrons. The van der Waals surface area contributed by atoms with E-state index in [1.54, 1.807) is 6.20 Å². The summed E-state index contributed by atoms with van der Waals surface area (Å²) in [5.74, 6) is 1.71. The van der Waals surface area contributed by atoms with Gasteiger partial charge in [0.15, 0.2) is 11.2 Å². The van der Waals surface area contributed by atoms with Gasteiger partial charge in [-0.2, -0.15) is 0 Å². The molecule has 63 heavy (non-hydrogen) atoms. The molecule has 13 rings (SSSR count). The zero-order chi connectivity index (χ0) is 41.4. The summed E-state index contributed by atoms with van der Waals surface area (Å²) in [6, 6.07) is 73.0. The largest absolute Gasteiger partial charge is 0.453 e. The summed E-state index contributed by atoms with van der Waals surface area (Å²) >= 11 is 0. The first kappa shape index (κ1) is 35.2. The number of benzene rings is 7. The van der Waals surface area contributed by atoms with Crippen LogP contribution in [0.25, 0.3) is 122 Å². The van der Waals surface area contributed by atoms with Gasteiger partial charge in [-0.3, -0.25) is 14.1 Å². The fourth-order valence-corrected chi connectivity index (χ4v) is 9.44. The summed E-state index contributed by atoms with van der Waals surface area (Å²) in [7, 11) is 0. The van der Waals surface area contributed by atoms with Crippen molar-refractivity contribution in [1.29, 1.82) is 0 Å². The van der Waals surface area contributed by atoms with Crippen molar-refractivity contribution in [3.05, 3.63) is 212 Å². The van der Waals surface area contributed by atoms with Crippen molar-refractivity contribution in [3.63, 3.8) is 0 Å². The van der Waals surface area contributed by atoms with Crippen molar-refractivity contribution in [2.75, 3.05) is 0 Å². The molecule has 0 saturated heterocycles. The van der Waals surface area contributed by atoms with E-state index in [0.717, 1.165) is 101 Å². The van der Waals surface area contributed by atoms with Crippen LogP contribution in [-0.4, -0.2) is 24.1 Å². The molecule has 6 aromatic heterocycles. The molecule has 6 heteroatoms. The van der Waals surface area contributed by atoms with Gasteiger partial charge in [-0.25, -0.2) is 9.97 Å². The first-order valence-corrected chi connectivity index (χ1v) is 21.2. The quantitative estimate of drug-likeness (QED) is 0.168. The molecule has 0 atom stereocenters. The molecule has 294 valence electrons. The molecule has 0 unspecified atom stereocenters. The maximum Gasteiger partial charge on any atom is 0.155 e. The number of para-hydroxylation sites is 2. The summed E-state index contributed by atoms with van der Waals surface area (Å²) in [6.45, 7) is 0. The third kappa shape index (κ3) is 5.69. The summed E-state index contributed by atoms with van der Waals surface area (Å²) in [4.78, 5) is 15.0. The lowest BCUT2D eigenvalue weighted by atomic mass is 9.97. The second kappa shape index (κ2) is 14.0. The van der Waals surface area contributed by atoms with Gasteiger partial charge < -0.3 is 4.42 Å². The predicted octanol–water partition coefficient (Wildman–Crippen LogP) is 14.6. The molecule has 0 N–H and O–H groups in total. The summed E-state index contributed by atoms with van der Waals surface area (Å²) in [5.41, 5.74) is 16.3. The minimum Gasteiger partial charge on any atom is -0.453 e. The molecule has 0 aliphatic rings. The number of pyridine rings is 3. The van der Waals surface area contributed by atoms with Crippen molar-refractivity contribution >= 4 is 65.8 Å². The number of furan rings is 1. The molecule has 0 fully saturated rings. The Balaban J connectivity index is 0.920. The van der Waals surface area contributed by atoms with Crippen LogP contribution in [0.1, 0.15) is 0 Å². The van der Waals surface area contributed by atoms with Crippen LogP contribution < -0.4 is 0 Å². The molecule has 0 amide bonds. The normalized spacial score (nSPS) is 11.8. The first-order chi connectivity index (χ1) is 31.2. The Morgan fingerprint density at radius 2 is 0.873 bits per heavy atom. The van der Waals surface area contributed by atoms with Gasteiger partial charge in [-0.1, -0.05) is 127 Å². The molecule has 0 aliphatic carbocycles. The Hall–Kier alpha value is -8.61. The fourth-order valence-electron chi connectivity index (χ4n) is 9.44. The Morgan fingerprint density at radius 3 is 1.56 bits per heavy atom. The maximum absolute atomic E-state index is 6.06. The van der Waals surface area contributed by atoms with E-state index in [1.165, 1.54) is 21.5 Å². The molecule has 13 aromatic rings. The number of hydrogen-bond acceptors (Lipinski definition) is 4. The van der Waals surface area contributed by atoms with Gasteiger partial charge in [0, 0.05) is 33.3 Å². The fraction of sp³-hybridized carbons (Fsp3) is 0. The van der Waals surface area contributed by atoms with E-state index >= 15 is 0 Å². The highest BCUT2D eigenvalue weighted by atomic mass is 16.3. The standard InChI is InChI=1S/C57H35N5O/c1-3-13-36(14-4-1)42-34-47(37-15-5-2-6-16-37)59-55(35-42)62-49-22-10-8-20-44(49)46-33-41(25-27-51(46)62)39-18-11-17-38(31-39)40-24-26-50-45(32-40)43-19-7-9-21-48(43)61(50)54-29-28-53-57(60-54)56-52(63-53)23-12-30-58-56/h1-35H. The van der Waals surface area contributed by atoms with Gasteiger partial charge in [0.2, 0.25) is 0 Å². The predicted molar refractivity (Wildman–Crippen MR) is 258 cm³/mol. The summed E-state index contributed by atoms with van der Waals surface area (Å²) in [5, 5.41) is 4.71. The highest BCUT2D eigenvalue weighted by Crippen LogP contribution is 2.39. The van der Waals surface area contributed by atoms with E-state index in [2.05, 4.69) is 190 Å². The topological polar surface area (TPSA) is 61.7 Å². The minimum atomic E-state index is 0.725. The highest BCUT2D eigenvalue weighted by Gasteiger charge is 2.19. The Bertz CT molecular complexity index is 3860. The third-order valence-corrected chi connectivity index (χ3v) is 12.4. The van der Waals surface area contributed by atoms with Crippen LogP contribution in [0.5, 0.6) is 0 Å². The lowest BCUT2D eigenvalue weighted by Crippen LogP contribution is -2.00. The molecule has 6 nitrogen and oxygen atoms in total. The van der Waals surface area contributed by atoms with E-state index in [9.17, 15) is 0 Å². The van der Waals surface area contributed by atoms with Gasteiger partial charge in [0.25, 0.3) is 0 Å². The monoisotopic (exact) mass is 805 g/mol. The van der Waals surface area contributed by atoms with Crippen LogP contribution in [0.4, 0.5) is 0 Å². The molecule has 0 bridgehead atoms. The Kier molecular flexibility index (Phi) is 7.80. The Labute approximate surface area is 361 Å². The molecule has 6 heterocycles. The molecule has 7 aromatic carbocycles. The van der Waals surface area contributed by atoms with Crippen molar-refractivity contribution in [1.82, 2.24) is 24.1 Å². The van der Waals surface area contributed by atoms with E-state index in [1.807, 2.05) is 30.3 Å². The van der Waals surface area contributed by atoms with E-state index < -0.39 is 0 Å². The lowest BCUT2D eigenvalue weighted by Gasteiger charge is -2.13. The maximum atomic E-state index is 6.06. The van der Waals surface area contributed by atoms with Gasteiger partial charge in [-0.05, 0) is 112 Å². The Morgan fingerprint density at radius 1 is 0.317 bits per heavy atom. The zero-order valence-corrected chi connectivity index (χ0v) is 33.9. The number of nitrogens with zero attached hydrogens (tertiary/aromatic N) is 5. The van der Waals surface area contributed by atoms with Crippen molar-refractivity contribution in [2.24, 2.45) is 0 Å². The average Bonchev–Trinajstić information content (AvgIpc) is 4.01. The van der Waals surface area contributed by atoms with Crippen LogP contribution in [0.3, 0.4) is 0 Å². The van der Waals surface area contributed by atoms with Crippen LogP contribution >= 0.6 is 0 Å². The lowest BCUT2D eigenvalue weighted by molar-refractivity contribution is 0.667. The van der Waals surface area contributed by atoms with Crippen LogP contribution in [0.15, 0.2) is 217 Å². The molecule has 0 spiro atoms. The van der Waals surface area contributed by atoms with Crippen LogP contribution in [0, 0.1) is 0 Å². The third-order valence-electron chi connectivity index (χ3n) is 12.4. The summed E-state index contributed by atoms with van der Waals surface area (Å²) in [6.07, 6.45) is 1.78. The van der Waals surface area contributed by atoms with Crippen LogP contribution in [-0.2, 0) is 0 Å². The van der Waals surface area contributed by atoms with Gasteiger partial charge >= 0.3 is 0 Å². The minimum absolute atomic E-state index is 0.725. The number of rotatable bonds is 6. The average molecular weight is 806 g/mol. The van der Waals surface area contributed by atoms with E-state index in [4.69, 9.17) is 14.4 Å². The van der Waals surface area contributed by atoms with Gasteiger partial charge in [-0.15, -0.1) is 0 Å². The van der Waals surface area contributed by atoms with Gasteiger partial charge in [0.05, 0.1) is 27.8 Å². The second-order valence-electron chi connectivity index (χ2n) is 16.0. The highest BCUT2D eigenvalue weighted by molar-refractivity contribution is 6.12. The second-order valence-corrected chi connectivity index (χ2v) is 16.0. The molecule has 0 aliphatic heterocycles. The van der Waals surface area contributed by atoms with Crippen LogP contribution in [0.2, 0.25) is 0 Å². The molecule has 0 saturated carbocycles. The van der Waals surface area contributed by atoms with Crippen molar-refractivity contribution in [2.45, 2.75) is 0 Å². The molecular formula is C57H35N5O. The van der Waals surface area contributed by atoms with E-state index in [0.29, 0.717) is 0 Å². The SMILES string of the molecule is c1ccc(-c2cc(-c3ccccc3)nc(-n3c4ccccc4c4cc(-c5cccc(-c6ccc7c(c6)c6ccccc6n7-c6ccc7oc8cccnc8c7n6)c5)ccc43)c2)cc1. The number of hydrogen-bond donors (Lipinski definition) is 0. The smallest absolute Gasteiger partial charge is 0.155 e. The van der Waals surface area contributed by atoms with Gasteiger partial charge in [0.1, 0.15) is 22.7 Å². The zero-order valence-electron chi connectivity index (χ0n) is 33.9. The molecular weight excluding hydrogens is 771 g/mol. The van der Waals surface area contributed by atoms with Crippen molar-refractivity contribution in [3.8, 4) is 56.3 Å². The first-order valence-electron chi connectivity index (χ1n) is 21.2. The number of aromatic nitrogens is 5.